The lowest BCUT2D eigenvalue weighted by Gasteiger charge is -2.36. The molecule has 1 aromatic rings. The zero-order valence-corrected chi connectivity index (χ0v) is 12.3. The average molecular weight is 303 g/mol. The van der Waals surface area contributed by atoms with Gasteiger partial charge in [-0.05, 0) is 54.4 Å². The van der Waals surface area contributed by atoms with Crippen molar-refractivity contribution >= 4 is 0 Å². The molecule has 1 aromatic carbocycles. The van der Waals surface area contributed by atoms with E-state index in [2.05, 4.69) is 13.8 Å². The van der Waals surface area contributed by atoms with E-state index in [9.17, 15) is 17.6 Å². The summed E-state index contributed by atoms with van der Waals surface area (Å²) in [6.45, 7) is 4.25. The van der Waals surface area contributed by atoms with Gasteiger partial charge < -0.3 is 5.73 Å². The van der Waals surface area contributed by atoms with Crippen molar-refractivity contribution in [2.45, 2.75) is 45.3 Å². The Morgan fingerprint density at radius 2 is 1.81 bits per heavy atom. The third-order valence-electron chi connectivity index (χ3n) is 4.82. The van der Waals surface area contributed by atoms with Gasteiger partial charge in [0, 0.05) is 6.04 Å². The molecule has 0 radical (unpaired) electrons. The molecule has 1 aliphatic carbocycles. The number of hydrogen-bond donors (Lipinski definition) is 1. The molecule has 0 heterocycles. The summed E-state index contributed by atoms with van der Waals surface area (Å²) in [7, 11) is 0. The topological polar surface area (TPSA) is 26.0 Å². The lowest BCUT2D eigenvalue weighted by molar-refractivity contribution is -0.138. The number of alkyl halides is 3. The second kappa shape index (κ2) is 5.95. The third-order valence-corrected chi connectivity index (χ3v) is 4.82. The van der Waals surface area contributed by atoms with Crippen molar-refractivity contribution in [2.75, 3.05) is 0 Å². The molecule has 1 saturated carbocycles. The van der Waals surface area contributed by atoms with Crippen LogP contribution in [-0.4, -0.2) is 0 Å². The number of nitrogens with two attached hydrogens (primary N) is 1. The van der Waals surface area contributed by atoms with Gasteiger partial charge in [0.1, 0.15) is 5.82 Å². The summed E-state index contributed by atoms with van der Waals surface area (Å²) in [5, 5.41) is 0. The van der Waals surface area contributed by atoms with Crippen molar-refractivity contribution in [2.24, 2.45) is 23.5 Å². The van der Waals surface area contributed by atoms with Crippen molar-refractivity contribution in [3.8, 4) is 0 Å². The molecule has 2 rings (SSSR count). The summed E-state index contributed by atoms with van der Waals surface area (Å²) in [5.41, 5.74) is 5.14. The van der Waals surface area contributed by atoms with E-state index in [0.29, 0.717) is 11.8 Å². The molecular weight excluding hydrogens is 282 g/mol. The van der Waals surface area contributed by atoms with Gasteiger partial charge in [-0.3, -0.25) is 0 Å². The van der Waals surface area contributed by atoms with Crippen molar-refractivity contribution in [3.63, 3.8) is 0 Å². The van der Waals surface area contributed by atoms with Gasteiger partial charge in [0.2, 0.25) is 0 Å². The lowest BCUT2D eigenvalue weighted by Crippen LogP contribution is -2.31. The second-order valence-electron chi connectivity index (χ2n) is 6.28. The Morgan fingerprint density at radius 3 is 2.38 bits per heavy atom. The maximum Gasteiger partial charge on any atom is 0.416 e. The first-order chi connectivity index (χ1) is 9.70. The number of halogens is 4. The van der Waals surface area contributed by atoms with E-state index < -0.39 is 23.6 Å². The Balaban J connectivity index is 2.30. The highest BCUT2D eigenvalue weighted by Crippen LogP contribution is 2.42. The Labute approximate surface area is 122 Å². The van der Waals surface area contributed by atoms with Crippen LogP contribution in [0.2, 0.25) is 0 Å². The highest BCUT2D eigenvalue weighted by Gasteiger charge is 2.37. The van der Waals surface area contributed by atoms with Crippen molar-refractivity contribution in [1.29, 1.82) is 0 Å². The van der Waals surface area contributed by atoms with Crippen LogP contribution in [0.25, 0.3) is 0 Å². The molecule has 118 valence electrons. The van der Waals surface area contributed by atoms with Crippen LogP contribution in [0.3, 0.4) is 0 Å². The molecule has 0 amide bonds. The van der Waals surface area contributed by atoms with E-state index in [0.717, 1.165) is 37.5 Å². The molecule has 2 N–H and O–H groups in total. The Morgan fingerprint density at radius 1 is 1.14 bits per heavy atom. The quantitative estimate of drug-likeness (QED) is 0.771. The van der Waals surface area contributed by atoms with E-state index >= 15 is 0 Å². The fourth-order valence-corrected chi connectivity index (χ4v) is 3.24. The fraction of sp³-hybridized carbons (Fsp3) is 0.625. The molecule has 4 unspecified atom stereocenters. The minimum absolute atomic E-state index is 0.0286. The van der Waals surface area contributed by atoms with Gasteiger partial charge >= 0.3 is 6.18 Å². The first-order valence-corrected chi connectivity index (χ1v) is 7.32. The van der Waals surface area contributed by atoms with E-state index in [1.165, 1.54) is 0 Å². The summed E-state index contributed by atoms with van der Waals surface area (Å²) >= 11 is 0. The monoisotopic (exact) mass is 303 g/mol. The molecule has 0 aliphatic heterocycles. The normalized spacial score (nSPS) is 28.4. The van der Waals surface area contributed by atoms with E-state index in [4.69, 9.17) is 5.73 Å². The summed E-state index contributed by atoms with van der Waals surface area (Å²) < 4.78 is 52.6. The van der Waals surface area contributed by atoms with Gasteiger partial charge in [0.25, 0.3) is 0 Å². The minimum Gasteiger partial charge on any atom is -0.324 e. The highest BCUT2D eigenvalue weighted by atomic mass is 19.4. The standard InChI is InChI=1S/C16H21F4N/c1-9-3-4-11(7-10(9)2)15(21)13-8-12(17)5-6-14(13)16(18,19)20/h5-6,8-11,15H,3-4,7,21H2,1-2H3. The molecule has 1 fully saturated rings. The van der Waals surface area contributed by atoms with Crippen molar-refractivity contribution in [1.82, 2.24) is 0 Å². The fourth-order valence-electron chi connectivity index (χ4n) is 3.24. The molecule has 0 aromatic heterocycles. The van der Waals surface area contributed by atoms with Crippen LogP contribution in [0.5, 0.6) is 0 Å². The second-order valence-corrected chi connectivity index (χ2v) is 6.28. The maximum atomic E-state index is 13.4. The van der Waals surface area contributed by atoms with Gasteiger partial charge in [-0.15, -0.1) is 0 Å². The first-order valence-electron chi connectivity index (χ1n) is 7.32. The molecule has 0 bridgehead atoms. The van der Waals surface area contributed by atoms with Crippen LogP contribution in [0.4, 0.5) is 17.6 Å². The first kappa shape index (κ1) is 16.3. The number of hydrogen-bond acceptors (Lipinski definition) is 1. The molecule has 5 heteroatoms. The van der Waals surface area contributed by atoms with Crippen LogP contribution < -0.4 is 5.73 Å². The molecular formula is C16H21F4N. The van der Waals surface area contributed by atoms with Crippen molar-refractivity contribution < 1.29 is 17.6 Å². The SMILES string of the molecule is CC1CCC(C(N)c2cc(F)ccc2C(F)(F)F)CC1C. The van der Waals surface area contributed by atoms with Crippen LogP contribution in [0.1, 0.15) is 50.3 Å². The zero-order valence-electron chi connectivity index (χ0n) is 12.3. The average Bonchev–Trinajstić information content (AvgIpc) is 2.39. The minimum atomic E-state index is -4.51. The molecule has 4 atom stereocenters. The zero-order chi connectivity index (χ0) is 15.8. The molecule has 1 nitrogen and oxygen atoms in total. The molecule has 1 aliphatic rings. The Hall–Kier alpha value is -1.10. The van der Waals surface area contributed by atoms with E-state index in [1.807, 2.05) is 0 Å². The van der Waals surface area contributed by atoms with E-state index in [-0.39, 0.29) is 11.5 Å². The van der Waals surface area contributed by atoms with Gasteiger partial charge in [-0.1, -0.05) is 20.3 Å². The highest BCUT2D eigenvalue weighted by molar-refractivity contribution is 5.33. The van der Waals surface area contributed by atoms with Gasteiger partial charge in [-0.25, -0.2) is 4.39 Å². The predicted octanol–water partition coefficient (Wildman–Crippen LogP) is 4.92. The van der Waals surface area contributed by atoms with Gasteiger partial charge in [0.15, 0.2) is 0 Å². The number of rotatable bonds is 2. The van der Waals surface area contributed by atoms with Crippen LogP contribution in [-0.2, 0) is 6.18 Å². The largest absolute Gasteiger partial charge is 0.416 e. The number of benzene rings is 1. The molecule has 0 saturated heterocycles. The molecule has 21 heavy (non-hydrogen) atoms. The Kier molecular flexibility index (Phi) is 4.61. The summed E-state index contributed by atoms with van der Waals surface area (Å²) in [6.07, 6.45) is -1.97. The van der Waals surface area contributed by atoms with Crippen molar-refractivity contribution in [3.05, 3.63) is 35.1 Å². The molecule has 0 spiro atoms. The van der Waals surface area contributed by atoms with Gasteiger partial charge in [-0.2, -0.15) is 13.2 Å². The maximum absolute atomic E-state index is 13.4. The van der Waals surface area contributed by atoms with Crippen LogP contribution in [0, 0.1) is 23.6 Å². The Bertz CT molecular complexity index is 498. The van der Waals surface area contributed by atoms with Crippen LogP contribution >= 0.6 is 0 Å². The predicted molar refractivity (Wildman–Crippen MR) is 74.0 cm³/mol. The third kappa shape index (κ3) is 3.57. The summed E-state index contributed by atoms with van der Waals surface area (Å²) in [6, 6.07) is 1.80. The van der Waals surface area contributed by atoms with Crippen LogP contribution in [0.15, 0.2) is 18.2 Å². The lowest BCUT2D eigenvalue weighted by atomic mass is 9.72. The smallest absolute Gasteiger partial charge is 0.324 e. The van der Waals surface area contributed by atoms with Gasteiger partial charge in [0.05, 0.1) is 5.56 Å². The van der Waals surface area contributed by atoms with E-state index in [1.54, 1.807) is 0 Å². The summed E-state index contributed by atoms with van der Waals surface area (Å²) in [4.78, 5) is 0. The summed E-state index contributed by atoms with van der Waals surface area (Å²) in [5.74, 6) is 0.283.